The lowest BCUT2D eigenvalue weighted by atomic mass is 10.3. The molecule has 1 heterocycles. The Labute approximate surface area is 176 Å². The SMILES string of the molecule is O=C(CSc1nn(-c2ccc(F)cc2)c(=S)s1)Nc1ccc(Cl)c([N+](=O)[O-])c1. The van der Waals surface area contributed by atoms with Crippen LogP contribution in [0.3, 0.4) is 0 Å². The lowest BCUT2D eigenvalue weighted by Gasteiger charge is -2.05. The first kappa shape index (κ1) is 20.4. The zero-order valence-electron chi connectivity index (χ0n) is 13.8. The van der Waals surface area contributed by atoms with Gasteiger partial charge < -0.3 is 5.32 Å². The molecule has 0 aliphatic heterocycles. The Kier molecular flexibility index (Phi) is 6.39. The van der Waals surface area contributed by atoms with E-state index in [1.54, 1.807) is 12.1 Å². The van der Waals surface area contributed by atoms with Gasteiger partial charge in [-0.2, -0.15) is 0 Å². The van der Waals surface area contributed by atoms with Crippen LogP contribution in [0.4, 0.5) is 15.8 Å². The van der Waals surface area contributed by atoms with Gasteiger partial charge in [0, 0.05) is 11.8 Å². The van der Waals surface area contributed by atoms with Crippen LogP contribution in [0.1, 0.15) is 0 Å². The highest BCUT2D eigenvalue weighted by Crippen LogP contribution is 2.28. The summed E-state index contributed by atoms with van der Waals surface area (Å²) >= 11 is 13.4. The van der Waals surface area contributed by atoms with E-state index in [2.05, 4.69) is 10.4 Å². The van der Waals surface area contributed by atoms with Crippen molar-refractivity contribution in [1.29, 1.82) is 0 Å². The number of nitrogens with zero attached hydrogens (tertiary/aromatic N) is 3. The predicted octanol–water partition coefficient (Wildman–Crippen LogP) is 5.09. The summed E-state index contributed by atoms with van der Waals surface area (Å²) in [5, 5.41) is 17.8. The molecule has 0 fully saturated rings. The average Bonchev–Trinajstić information content (AvgIpc) is 3.03. The van der Waals surface area contributed by atoms with Crippen LogP contribution in [0.5, 0.6) is 0 Å². The van der Waals surface area contributed by atoms with Gasteiger partial charge in [-0.1, -0.05) is 34.7 Å². The third-order valence-electron chi connectivity index (χ3n) is 3.35. The van der Waals surface area contributed by atoms with Crippen molar-refractivity contribution in [3.63, 3.8) is 0 Å². The molecule has 0 saturated heterocycles. The number of carbonyl (C=O) groups excluding carboxylic acids is 1. The van der Waals surface area contributed by atoms with Gasteiger partial charge in [-0.15, -0.1) is 5.10 Å². The quantitative estimate of drug-likeness (QED) is 0.240. The molecule has 1 N–H and O–H groups in total. The van der Waals surface area contributed by atoms with E-state index in [4.69, 9.17) is 23.8 Å². The second-order valence-electron chi connectivity index (χ2n) is 5.28. The Morgan fingerprint density at radius 1 is 1.36 bits per heavy atom. The molecule has 7 nitrogen and oxygen atoms in total. The van der Waals surface area contributed by atoms with E-state index in [9.17, 15) is 19.3 Å². The summed E-state index contributed by atoms with van der Waals surface area (Å²) in [6, 6.07) is 9.74. The highest BCUT2D eigenvalue weighted by Gasteiger charge is 2.15. The Balaban J connectivity index is 1.65. The van der Waals surface area contributed by atoms with E-state index < -0.39 is 4.92 Å². The molecule has 12 heteroatoms. The smallest absolute Gasteiger partial charge is 0.289 e. The maximum atomic E-state index is 13.0. The molecule has 28 heavy (non-hydrogen) atoms. The largest absolute Gasteiger partial charge is 0.325 e. The van der Waals surface area contributed by atoms with Gasteiger partial charge in [0.05, 0.1) is 16.4 Å². The minimum atomic E-state index is -0.623. The minimum absolute atomic E-state index is 0.0107. The van der Waals surface area contributed by atoms with Crippen LogP contribution in [0.15, 0.2) is 46.8 Å². The molecule has 2 aromatic carbocycles. The normalized spacial score (nSPS) is 10.6. The number of aromatic nitrogens is 2. The fourth-order valence-electron chi connectivity index (χ4n) is 2.12. The molecule has 0 bridgehead atoms. The monoisotopic (exact) mass is 456 g/mol. The van der Waals surface area contributed by atoms with Crippen LogP contribution in [0, 0.1) is 19.9 Å². The zero-order chi connectivity index (χ0) is 20.3. The van der Waals surface area contributed by atoms with Crippen LogP contribution in [-0.2, 0) is 4.79 Å². The second kappa shape index (κ2) is 8.78. The van der Waals surface area contributed by atoms with Gasteiger partial charge in [0.25, 0.3) is 5.69 Å². The minimum Gasteiger partial charge on any atom is -0.325 e. The van der Waals surface area contributed by atoms with Crippen molar-refractivity contribution in [3.05, 3.63) is 67.4 Å². The summed E-state index contributed by atoms with van der Waals surface area (Å²) < 4.78 is 15.6. The molecule has 3 rings (SSSR count). The average molecular weight is 457 g/mol. The van der Waals surface area contributed by atoms with Crippen molar-refractivity contribution < 1.29 is 14.1 Å². The number of thioether (sulfide) groups is 1. The second-order valence-corrected chi connectivity index (χ2v) is 8.53. The Hall–Kier alpha value is -2.34. The molecule has 144 valence electrons. The summed E-state index contributed by atoms with van der Waals surface area (Å²) in [6.45, 7) is 0. The van der Waals surface area contributed by atoms with Crippen molar-refractivity contribution >= 4 is 64.2 Å². The Morgan fingerprint density at radius 2 is 2.07 bits per heavy atom. The third kappa shape index (κ3) is 4.93. The number of benzene rings is 2. The number of nitro benzene ring substituents is 1. The molecule has 0 aliphatic rings. The molecule has 0 aliphatic carbocycles. The van der Waals surface area contributed by atoms with Gasteiger partial charge in [0.15, 0.2) is 8.29 Å². The summed E-state index contributed by atoms with van der Waals surface area (Å²) in [5.74, 6) is -0.697. The summed E-state index contributed by atoms with van der Waals surface area (Å²) in [4.78, 5) is 22.4. The Morgan fingerprint density at radius 3 is 2.75 bits per heavy atom. The van der Waals surface area contributed by atoms with Gasteiger partial charge in [-0.25, -0.2) is 9.07 Å². The van der Waals surface area contributed by atoms with E-state index >= 15 is 0 Å². The standard InChI is InChI=1S/C16H10ClFN4O3S3/c17-12-6-3-10(7-13(12)22(24)25)19-14(23)8-27-15-20-21(16(26)28-15)11-4-1-9(18)2-5-11/h1-7H,8H2,(H,19,23). The maximum absolute atomic E-state index is 13.0. The van der Waals surface area contributed by atoms with Crippen molar-refractivity contribution in [2.45, 2.75) is 4.34 Å². The van der Waals surface area contributed by atoms with Gasteiger partial charge in [0.2, 0.25) is 5.91 Å². The number of carbonyl (C=O) groups is 1. The number of nitrogens with one attached hydrogen (secondary N) is 1. The van der Waals surface area contributed by atoms with E-state index in [-0.39, 0.29) is 33.9 Å². The van der Waals surface area contributed by atoms with Gasteiger partial charge in [0.1, 0.15) is 10.8 Å². The molecular formula is C16H10ClFN4O3S3. The summed E-state index contributed by atoms with van der Waals surface area (Å²) in [7, 11) is 0. The lowest BCUT2D eigenvalue weighted by molar-refractivity contribution is -0.384. The first-order chi connectivity index (χ1) is 13.3. The zero-order valence-corrected chi connectivity index (χ0v) is 17.0. The van der Waals surface area contributed by atoms with Crippen LogP contribution in [0.25, 0.3) is 5.69 Å². The number of anilines is 1. The van der Waals surface area contributed by atoms with E-state index in [0.29, 0.717) is 14.0 Å². The van der Waals surface area contributed by atoms with Crippen LogP contribution < -0.4 is 5.32 Å². The van der Waals surface area contributed by atoms with Crippen LogP contribution in [-0.4, -0.2) is 26.4 Å². The topological polar surface area (TPSA) is 90.1 Å². The number of rotatable bonds is 6. The van der Waals surface area contributed by atoms with Crippen molar-refractivity contribution in [2.24, 2.45) is 0 Å². The Bertz CT molecular complexity index is 1100. The molecule has 0 atom stereocenters. The summed E-state index contributed by atoms with van der Waals surface area (Å²) in [5.41, 5.74) is 0.599. The molecule has 0 unspecified atom stereocenters. The van der Waals surface area contributed by atoms with Crippen molar-refractivity contribution in [3.8, 4) is 5.69 Å². The van der Waals surface area contributed by atoms with E-state index in [1.807, 2.05) is 0 Å². The number of hydrogen-bond donors (Lipinski definition) is 1. The highest BCUT2D eigenvalue weighted by atomic mass is 35.5. The van der Waals surface area contributed by atoms with Crippen molar-refractivity contribution in [1.82, 2.24) is 9.78 Å². The van der Waals surface area contributed by atoms with Gasteiger partial charge >= 0.3 is 0 Å². The third-order valence-corrected chi connectivity index (χ3v) is 6.04. The van der Waals surface area contributed by atoms with E-state index in [0.717, 1.165) is 0 Å². The number of amides is 1. The number of nitro groups is 1. The van der Waals surface area contributed by atoms with Gasteiger partial charge in [-0.3, -0.25) is 14.9 Å². The lowest BCUT2D eigenvalue weighted by Crippen LogP contribution is -2.14. The molecular weight excluding hydrogens is 447 g/mol. The fraction of sp³-hybridized carbons (Fsp3) is 0.0625. The maximum Gasteiger partial charge on any atom is 0.289 e. The van der Waals surface area contributed by atoms with E-state index in [1.165, 1.54) is 58.1 Å². The van der Waals surface area contributed by atoms with Crippen LogP contribution >= 0.6 is 46.9 Å². The molecule has 3 aromatic rings. The van der Waals surface area contributed by atoms with Crippen LogP contribution in [0.2, 0.25) is 5.02 Å². The first-order valence-corrected chi connectivity index (χ1v) is 10.1. The molecule has 1 amide bonds. The molecule has 1 aromatic heterocycles. The first-order valence-electron chi connectivity index (χ1n) is 7.56. The number of halogens is 2. The predicted molar refractivity (Wildman–Crippen MR) is 110 cm³/mol. The summed E-state index contributed by atoms with van der Waals surface area (Å²) in [6.07, 6.45) is 0. The van der Waals surface area contributed by atoms with Gasteiger partial charge in [-0.05, 0) is 48.6 Å². The molecule has 0 radical (unpaired) electrons. The fourth-order valence-corrected chi connectivity index (χ4v) is 4.47. The number of hydrogen-bond acceptors (Lipinski definition) is 7. The molecule has 0 saturated carbocycles. The van der Waals surface area contributed by atoms with Crippen molar-refractivity contribution in [2.75, 3.05) is 11.1 Å². The molecule has 0 spiro atoms. The highest BCUT2D eigenvalue weighted by molar-refractivity contribution is 8.01.